The highest BCUT2D eigenvalue weighted by Gasteiger charge is 2.30. The van der Waals surface area contributed by atoms with Gasteiger partial charge in [-0.25, -0.2) is 9.78 Å². The van der Waals surface area contributed by atoms with Gasteiger partial charge in [0.2, 0.25) is 5.88 Å². The summed E-state index contributed by atoms with van der Waals surface area (Å²) in [4.78, 5) is 22.5. The van der Waals surface area contributed by atoms with Crippen molar-refractivity contribution in [2.75, 3.05) is 19.6 Å². The second-order valence-electron chi connectivity index (χ2n) is 6.40. The molecule has 1 heterocycles. The lowest BCUT2D eigenvalue weighted by molar-refractivity contribution is -0.151. The van der Waals surface area contributed by atoms with Gasteiger partial charge in [0.05, 0.1) is 11.8 Å². The van der Waals surface area contributed by atoms with Gasteiger partial charge in [-0.1, -0.05) is 19.0 Å². The lowest BCUT2D eigenvalue weighted by Crippen LogP contribution is -2.26. The number of alkyl halides is 3. The van der Waals surface area contributed by atoms with Gasteiger partial charge >= 0.3 is 12.1 Å². The third-order valence-electron chi connectivity index (χ3n) is 4.21. The van der Waals surface area contributed by atoms with Crippen molar-refractivity contribution in [3.63, 3.8) is 0 Å². The Labute approximate surface area is 178 Å². The lowest BCUT2D eigenvalue weighted by atomic mass is 10.3. The van der Waals surface area contributed by atoms with E-state index in [2.05, 4.69) is 15.0 Å². The molecule has 31 heavy (non-hydrogen) atoms. The van der Waals surface area contributed by atoms with Crippen LogP contribution in [-0.2, 0) is 15.8 Å². The first-order valence-corrected chi connectivity index (χ1v) is 9.65. The fourth-order valence-electron chi connectivity index (χ4n) is 2.36. The first-order valence-electron chi connectivity index (χ1n) is 9.65. The number of carbonyl (C=O) groups is 1. The molecule has 7 nitrogen and oxygen atoms in total. The average molecular weight is 439 g/mol. The number of halogens is 3. The van der Waals surface area contributed by atoms with Crippen molar-refractivity contribution in [3.8, 4) is 17.4 Å². The molecule has 0 amide bonds. The monoisotopic (exact) mass is 439 g/mol. The number of rotatable bonds is 10. The lowest BCUT2D eigenvalue weighted by Gasteiger charge is -2.14. The van der Waals surface area contributed by atoms with Crippen molar-refractivity contribution in [1.82, 2.24) is 9.88 Å². The molecule has 2 aromatic rings. The van der Waals surface area contributed by atoms with Crippen LogP contribution in [0, 0.1) is 0 Å². The smallest absolute Gasteiger partial charge is 0.417 e. The Kier molecular flexibility index (Phi) is 8.80. The average Bonchev–Trinajstić information content (AvgIpc) is 2.75. The second kappa shape index (κ2) is 11.3. The summed E-state index contributed by atoms with van der Waals surface area (Å²) >= 11 is 0. The predicted molar refractivity (Wildman–Crippen MR) is 108 cm³/mol. The summed E-state index contributed by atoms with van der Waals surface area (Å²) in [5, 5.41) is 3.66. The van der Waals surface area contributed by atoms with Gasteiger partial charge in [-0.05, 0) is 50.3 Å². The summed E-state index contributed by atoms with van der Waals surface area (Å²) < 4.78 is 48.6. The first kappa shape index (κ1) is 24.1. The highest BCUT2D eigenvalue weighted by atomic mass is 19.4. The number of benzene rings is 1. The number of carbonyl (C=O) groups excluding carboxylic acids is 1. The number of nitrogens with zero attached hydrogens (tertiary/aromatic N) is 3. The zero-order valence-electron chi connectivity index (χ0n) is 17.4. The number of hydrogen-bond acceptors (Lipinski definition) is 7. The van der Waals surface area contributed by atoms with Crippen molar-refractivity contribution in [2.24, 2.45) is 5.16 Å². The van der Waals surface area contributed by atoms with Crippen LogP contribution in [0.2, 0.25) is 0 Å². The third kappa shape index (κ3) is 7.89. The van der Waals surface area contributed by atoms with E-state index in [-0.39, 0.29) is 5.88 Å². The fraction of sp³-hybridized carbons (Fsp3) is 0.381. The van der Waals surface area contributed by atoms with Crippen LogP contribution in [0.25, 0.3) is 0 Å². The Bertz CT molecular complexity index is 852. The molecule has 1 unspecified atom stereocenters. The molecule has 1 aromatic heterocycles. The number of ether oxygens (including phenoxy) is 2. The minimum Gasteiger partial charge on any atom is -0.479 e. The van der Waals surface area contributed by atoms with Gasteiger partial charge < -0.3 is 14.3 Å². The third-order valence-corrected chi connectivity index (χ3v) is 4.21. The van der Waals surface area contributed by atoms with Gasteiger partial charge in [0.15, 0.2) is 6.10 Å². The van der Waals surface area contributed by atoms with E-state index in [4.69, 9.17) is 14.3 Å². The Morgan fingerprint density at radius 3 is 2.32 bits per heavy atom. The first-order chi connectivity index (χ1) is 14.7. The summed E-state index contributed by atoms with van der Waals surface area (Å²) in [6.45, 7) is 7.88. The largest absolute Gasteiger partial charge is 0.479 e. The maximum Gasteiger partial charge on any atom is 0.417 e. The SMILES string of the molecule is CCN(CC)CC=NOC(=O)C(C)Oc1ccc(Oc2ccc(C(F)(F)F)cn2)cc1. The maximum absolute atomic E-state index is 12.6. The van der Waals surface area contributed by atoms with Crippen LogP contribution in [-0.4, -0.2) is 47.8 Å². The molecular formula is C21H24F3N3O4. The summed E-state index contributed by atoms with van der Waals surface area (Å²) in [7, 11) is 0. The van der Waals surface area contributed by atoms with Gasteiger partial charge in [0.25, 0.3) is 0 Å². The number of oxime groups is 1. The summed E-state index contributed by atoms with van der Waals surface area (Å²) in [6, 6.07) is 8.19. The molecule has 0 saturated carbocycles. The van der Waals surface area contributed by atoms with Crippen molar-refractivity contribution in [1.29, 1.82) is 0 Å². The van der Waals surface area contributed by atoms with E-state index < -0.39 is 23.8 Å². The van der Waals surface area contributed by atoms with Crippen molar-refractivity contribution in [3.05, 3.63) is 48.2 Å². The molecule has 1 atom stereocenters. The molecule has 0 radical (unpaired) electrons. The number of hydrogen-bond donors (Lipinski definition) is 0. The molecule has 0 saturated heterocycles. The molecule has 0 fully saturated rings. The van der Waals surface area contributed by atoms with Crippen molar-refractivity contribution < 1.29 is 32.3 Å². The molecule has 0 aliphatic rings. The Hall–Kier alpha value is -3.14. The van der Waals surface area contributed by atoms with Gasteiger partial charge in [-0.2, -0.15) is 13.2 Å². The summed E-state index contributed by atoms with van der Waals surface area (Å²) in [6.07, 6.45) is -3.14. The van der Waals surface area contributed by atoms with E-state index in [0.717, 1.165) is 25.2 Å². The molecule has 0 spiro atoms. The Morgan fingerprint density at radius 1 is 1.13 bits per heavy atom. The quantitative estimate of drug-likeness (QED) is 0.308. The van der Waals surface area contributed by atoms with Crippen LogP contribution < -0.4 is 9.47 Å². The van der Waals surface area contributed by atoms with E-state index in [1.54, 1.807) is 12.1 Å². The van der Waals surface area contributed by atoms with Gasteiger partial charge in [0.1, 0.15) is 11.5 Å². The minimum absolute atomic E-state index is 0.0150. The van der Waals surface area contributed by atoms with Crippen LogP contribution in [0.5, 0.6) is 17.4 Å². The normalized spacial score (nSPS) is 12.7. The standard InChI is InChI=1S/C21H24F3N3O4/c1-4-27(5-2)13-12-26-31-20(28)15(3)29-17-7-9-18(10-8-17)30-19-11-6-16(14-25-19)21(22,23)24/h6-12,14-15H,4-5,13H2,1-3H3. The molecule has 0 N–H and O–H groups in total. The van der Waals surface area contributed by atoms with E-state index >= 15 is 0 Å². The molecule has 2 rings (SSSR count). The number of aromatic nitrogens is 1. The van der Waals surface area contributed by atoms with Gasteiger partial charge in [-0.15, -0.1) is 0 Å². The molecular weight excluding hydrogens is 415 g/mol. The highest BCUT2D eigenvalue weighted by Crippen LogP contribution is 2.30. The van der Waals surface area contributed by atoms with E-state index in [0.29, 0.717) is 24.2 Å². The Morgan fingerprint density at radius 2 is 1.77 bits per heavy atom. The zero-order valence-corrected chi connectivity index (χ0v) is 17.4. The Balaban J connectivity index is 1.84. The van der Waals surface area contributed by atoms with Crippen LogP contribution in [0.4, 0.5) is 13.2 Å². The molecule has 0 bridgehead atoms. The van der Waals surface area contributed by atoms with Crippen LogP contribution in [0.15, 0.2) is 47.8 Å². The van der Waals surface area contributed by atoms with Crippen LogP contribution >= 0.6 is 0 Å². The maximum atomic E-state index is 12.6. The molecule has 168 valence electrons. The minimum atomic E-state index is -4.46. The number of pyridine rings is 1. The van der Waals surface area contributed by atoms with E-state index in [1.807, 2.05) is 13.8 Å². The topological polar surface area (TPSA) is 73.2 Å². The molecule has 0 aliphatic heterocycles. The molecule has 0 aliphatic carbocycles. The molecule has 10 heteroatoms. The van der Waals surface area contributed by atoms with Crippen molar-refractivity contribution in [2.45, 2.75) is 33.1 Å². The van der Waals surface area contributed by atoms with E-state index in [1.165, 1.54) is 25.3 Å². The van der Waals surface area contributed by atoms with Crippen molar-refractivity contribution >= 4 is 12.2 Å². The predicted octanol–water partition coefficient (Wildman–Crippen LogP) is 4.53. The van der Waals surface area contributed by atoms with Crippen LogP contribution in [0.1, 0.15) is 26.3 Å². The summed E-state index contributed by atoms with van der Waals surface area (Å²) in [5.74, 6) is 0.0893. The highest BCUT2D eigenvalue weighted by molar-refractivity contribution is 5.75. The second-order valence-corrected chi connectivity index (χ2v) is 6.40. The molecule has 1 aromatic carbocycles. The van der Waals surface area contributed by atoms with Gasteiger partial charge in [0, 0.05) is 18.8 Å². The van der Waals surface area contributed by atoms with E-state index in [9.17, 15) is 18.0 Å². The van der Waals surface area contributed by atoms with Gasteiger partial charge in [-0.3, -0.25) is 4.90 Å². The van der Waals surface area contributed by atoms with Crippen LogP contribution in [0.3, 0.4) is 0 Å². The zero-order chi connectivity index (χ0) is 22.9. The summed E-state index contributed by atoms with van der Waals surface area (Å²) in [5.41, 5.74) is -0.859. The fourth-order valence-corrected chi connectivity index (χ4v) is 2.36.